The molecule has 4 saturated carbocycles. The van der Waals surface area contributed by atoms with Crippen molar-refractivity contribution in [3.63, 3.8) is 0 Å². The molecule has 0 saturated heterocycles. The van der Waals surface area contributed by atoms with Gasteiger partial charge in [0.2, 0.25) is 0 Å². The number of aliphatic hydroxyl groups excluding tert-OH is 2. The summed E-state index contributed by atoms with van der Waals surface area (Å²) in [7, 11) is 0. The smallest absolute Gasteiger partial charge is 0.303 e. The molecule has 10 atom stereocenters. The van der Waals surface area contributed by atoms with Gasteiger partial charge >= 0.3 is 5.97 Å². The average molecular weight is 393 g/mol. The third-order valence-electron chi connectivity index (χ3n) is 10.3. The first kappa shape index (κ1) is 20.7. The zero-order valence-electron chi connectivity index (χ0n) is 17.9. The molecule has 0 aliphatic heterocycles. The van der Waals surface area contributed by atoms with Gasteiger partial charge in [0, 0.05) is 6.42 Å². The zero-order valence-corrected chi connectivity index (χ0v) is 17.9. The quantitative estimate of drug-likeness (QED) is 0.659. The van der Waals surface area contributed by atoms with Gasteiger partial charge in [-0.25, -0.2) is 0 Å². The van der Waals surface area contributed by atoms with E-state index in [0.29, 0.717) is 35.5 Å². The van der Waals surface area contributed by atoms with Gasteiger partial charge in [0.25, 0.3) is 0 Å². The summed E-state index contributed by atoms with van der Waals surface area (Å²) in [6, 6.07) is 0. The number of aliphatic hydroxyl groups is 2. The van der Waals surface area contributed by atoms with E-state index in [1.807, 2.05) is 0 Å². The zero-order chi connectivity index (χ0) is 20.3. The van der Waals surface area contributed by atoms with Crippen LogP contribution in [-0.2, 0) is 4.79 Å². The van der Waals surface area contributed by atoms with Gasteiger partial charge in [-0.05, 0) is 104 Å². The minimum Gasteiger partial charge on any atom is -0.481 e. The van der Waals surface area contributed by atoms with Gasteiger partial charge < -0.3 is 15.3 Å². The predicted molar refractivity (Wildman–Crippen MR) is 109 cm³/mol. The van der Waals surface area contributed by atoms with E-state index in [1.54, 1.807) is 0 Å². The molecule has 28 heavy (non-hydrogen) atoms. The first-order chi connectivity index (χ1) is 13.2. The Morgan fingerprint density at radius 1 is 1.04 bits per heavy atom. The summed E-state index contributed by atoms with van der Waals surface area (Å²) in [4.78, 5) is 11.1. The van der Waals surface area contributed by atoms with E-state index in [9.17, 15) is 15.0 Å². The molecular weight excluding hydrogens is 352 g/mol. The third-order valence-corrected chi connectivity index (χ3v) is 10.3. The highest BCUT2D eigenvalue weighted by Gasteiger charge is 2.63. The summed E-state index contributed by atoms with van der Waals surface area (Å²) < 4.78 is 0. The van der Waals surface area contributed by atoms with Crippen LogP contribution in [0.15, 0.2) is 0 Å². The van der Waals surface area contributed by atoms with Gasteiger partial charge in [0.05, 0.1) is 12.2 Å². The fraction of sp³-hybridized carbons (Fsp3) is 0.958. The van der Waals surface area contributed by atoms with Gasteiger partial charge in [-0.2, -0.15) is 0 Å². The molecule has 4 unspecified atom stereocenters. The number of carbonyl (C=O) groups is 1. The summed E-state index contributed by atoms with van der Waals surface area (Å²) in [5.74, 6) is 2.55. The Kier molecular flexibility index (Phi) is 5.36. The van der Waals surface area contributed by atoms with Gasteiger partial charge in [0.1, 0.15) is 0 Å². The van der Waals surface area contributed by atoms with Gasteiger partial charge in [0.15, 0.2) is 0 Å². The van der Waals surface area contributed by atoms with Crippen molar-refractivity contribution in [2.45, 2.75) is 97.2 Å². The second kappa shape index (κ2) is 7.27. The SMILES string of the molecule is CC(CCC(=O)O)C1CC[C@H]2C3CCC4C[C@H](O)CC[C@]4(C)[C@H]3C[C@H](O)[C@]12C. The predicted octanol–water partition coefficient (Wildman–Crippen LogP) is 4.48. The van der Waals surface area contributed by atoms with Crippen molar-refractivity contribution in [3.05, 3.63) is 0 Å². The maximum Gasteiger partial charge on any atom is 0.303 e. The van der Waals surface area contributed by atoms with Crippen LogP contribution in [0.25, 0.3) is 0 Å². The molecule has 4 rings (SSSR count). The maximum atomic E-state index is 11.5. The summed E-state index contributed by atoms with van der Waals surface area (Å²) in [5, 5.41) is 30.8. The van der Waals surface area contributed by atoms with Crippen LogP contribution in [0.2, 0.25) is 0 Å². The van der Waals surface area contributed by atoms with Crippen molar-refractivity contribution in [2.75, 3.05) is 0 Å². The van der Waals surface area contributed by atoms with Crippen LogP contribution >= 0.6 is 0 Å². The van der Waals surface area contributed by atoms with Crippen LogP contribution in [0.1, 0.15) is 85.0 Å². The number of carboxylic acids is 1. The van der Waals surface area contributed by atoms with Crippen molar-refractivity contribution in [3.8, 4) is 0 Å². The second-order valence-corrected chi connectivity index (χ2v) is 11.3. The van der Waals surface area contributed by atoms with Crippen molar-refractivity contribution in [1.29, 1.82) is 0 Å². The van der Waals surface area contributed by atoms with Crippen molar-refractivity contribution in [2.24, 2.45) is 46.3 Å². The molecule has 0 aromatic heterocycles. The number of rotatable bonds is 4. The molecule has 160 valence electrons. The monoisotopic (exact) mass is 392 g/mol. The summed E-state index contributed by atoms with van der Waals surface area (Å²) in [6.45, 7) is 6.99. The molecule has 0 aromatic rings. The lowest BCUT2D eigenvalue weighted by molar-refractivity contribution is -0.175. The molecule has 0 heterocycles. The second-order valence-electron chi connectivity index (χ2n) is 11.3. The Bertz CT molecular complexity index is 605. The topological polar surface area (TPSA) is 77.8 Å². The van der Waals surface area contributed by atoms with E-state index in [2.05, 4.69) is 20.8 Å². The maximum absolute atomic E-state index is 11.5. The Labute approximate surface area is 170 Å². The van der Waals surface area contributed by atoms with Crippen LogP contribution in [0.5, 0.6) is 0 Å². The Hall–Kier alpha value is -0.610. The van der Waals surface area contributed by atoms with Gasteiger partial charge in [-0.15, -0.1) is 0 Å². The minimum absolute atomic E-state index is 0.0591. The van der Waals surface area contributed by atoms with Crippen LogP contribution in [0.3, 0.4) is 0 Å². The molecule has 0 aromatic carbocycles. The highest BCUT2D eigenvalue weighted by Crippen LogP contribution is 2.68. The Morgan fingerprint density at radius 3 is 2.50 bits per heavy atom. The van der Waals surface area contributed by atoms with Gasteiger partial charge in [-0.1, -0.05) is 20.8 Å². The molecule has 4 nitrogen and oxygen atoms in total. The lowest BCUT2D eigenvalue weighted by Crippen LogP contribution is -2.58. The highest BCUT2D eigenvalue weighted by atomic mass is 16.4. The summed E-state index contributed by atoms with van der Waals surface area (Å²) in [6.07, 6.45) is 9.26. The molecular formula is C24H40O4. The van der Waals surface area contributed by atoms with E-state index in [4.69, 9.17) is 5.11 Å². The van der Waals surface area contributed by atoms with Crippen LogP contribution in [0, 0.1) is 46.3 Å². The number of hydrogen-bond donors (Lipinski definition) is 3. The molecule has 4 fully saturated rings. The number of fused-ring (bicyclic) bond motifs is 5. The fourth-order valence-corrected chi connectivity index (χ4v) is 8.71. The van der Waals surface area contributed by atoms with Crippen molar-refractivity contribution >= 4 is 5.97 Å². The first-order valence-corrected chi connectivity index (χ1v) is 11.8. The van der Waals surface area contributed by atoms with E-state index < -0.39 is 5.97 Å². The Balaban J connectivity index is 1.56. The highest BCUT2D eigenvalue weighted by molar-refractivity contribution is 5.66. The molecule has 4 aliphatic rings. The number of carboxylic acid groups (broad SMARTS) is 1. The van der Waals surface area contributed by atoms with Crippen LogP contribution in [-0.4, -0.2) is 33.5 Å². The van der Waals surface area contributed by atoms with Crippen molar-refractivity contribution in [1.82, 2.24) is 0 Å². The van der Waals surface area contributed by atoms with Gasteiger partial charge in [-0.3, -0.25) is 4.79 Å². The lowest BCUT2D eigenvalue weighted by Gasteiger charge is -2.62. The number of aliphatic carboxylic acids is 1. The van der Waals surface area contributed by atoms with Crippen molar-refractivity contribution < 1.29 is 20.1 Å². The van der Waals surface area contributed by atoms with Crippen LogP contribution < -0.4 is 0 Å². The van der Waals surface area contributed by atoms with E-state index in [1.165, 1.54) is 19.3 Å². The first-order valence-electron chi connectivity index (χ1n) is 11.8. The number of hydrogen-bond acceptors (Lipinski definition) is 3. The molecule has 0 bridgehead atoms. The molecule has 0 spiro atoms. The summed E-state index contributed by atoms with van der Waals surface area (Å²) >= 11 is 0. The Morgan fingerprint density at radius 2 is 1.79 bits per heavy atom. The normalized spacial score (nSPS) is 51.7. The summed E-state index contributed by atoms with van der Waals surface area (Å²) in [5.41, 5.74) is 0.216. The molecule has 0 radical (unpaired) electrons. The molecule has 4 heteroatoms. The third kappa shape index (κ3) is 3.05. The standard InChI is InChI=1S/C24H40O4/c1-14(4-9-22(27)28)18-7-8-19-17-6-5-15-12-16(25)10-11-23(15,2)20(17)13-21(26)24(18,19)3/h14-21,25-26H,4-13H2,1-3H3,(H,27,28)/t14?,15?,16-,17?,18?,19+,20+,21+,23+,24-/m1/s1. The molecule has 4 aliphatic carbocycles. The molecule has 0 amide bonds. The van der Waals surface area contributed by atoms with E-state index >= 15 is 0 Å². The largest absolute Gasteiger partial charge is 0.481 e. The molecule has 3 N–H and O–H groups in total. The lowest BCUT2D eigenvalue weighted by atomic mass is 9.43. The van der Waals surface area contributed by atoms with Crippen LogP contribution in [0.4, 0.5) is 0 Å². The fourth-order valence-electron chi connectivity index (χ4n) is 8.71. The minimum atomic E-state index is -0.707. The van der Waals surface area contributed by atoms with E-state index in [-0.39, 0.29) is 29.5 Å². The van der Waals surface area contributed by atoms with E-state index in [0.717, 1.165) is 38.5 Å². The average Bonchev–Trinajstić information content (AvgIpc) is 3.00.